The van der Waals surface area contributed by atoms with Crippen molar-refractivity contribution >= 4 is 0 Å². The molecule has 0 radical (unpaired) electrons. The number of nitrogens with two attached hydrogens (primary N) is 1. The normalized spacial score (nSPS) is 7.33. The lowest BCUT2D eigenvalue weighted by Crippen LogP contribution is -1.95. The summed E-state index contributed by atoms with van der Waals surface area (Å²) in [4.78, 5) is 0. The van der Waals surface area contributed by atoms with E-state index in [-0.39, 0.29) is 11.5 Å². The SMILES string of the molecule is C=C(N)C(=C)O. The van der Waals surface area contributed by atoms with Gasteiger partial charge in [-0.05, 0) is 0 Å². The quantitative estimate of drug-likeness (QED) is 0.360. The van der Waals surface area contributed by atoms with Crippen LogP contribution in [0.3, 0.4) is 0 Å². The van der Waals surface area contributed by atoms with Crippen molar-refractivity contribution in [1.29, 1.82) is 0 Å². The summed E-state index contributed by atoms with van der Waals surface area (Å²) in [6.45, 7) is 6.27. The molecule has 0 fully saturated rings. The average Bonchev–Trinajstić information content (AvgIpc) is 1.36. The summed E-state index contributed by atoms with van der Waals surface area (Å²) < 4.78 is 0. The second-order valence-electron chi connectivity index (χ2n) is 0.972. The van der Waals surface area contributed by atoms with Crippen molar-refractivity contribution < 1.29 is 5.11 Å². The first-order valence-electron chi connectivity index (χ1n) is 1.47. The van der Waals surface area contributed by atoms with E-state index in [4.69, 9.17) is 10.8 Å². The van der Waals surface area contributed by atoms with Gasteiger partial charge in [-0.3, -0.25) is 0 Å². The van der Waals surface area contributed by atoms with Gasteiger partial charge in [-0.2, -0.15) is 0 Å². The van der Waals surface area contributed by atoms with Gasteiger partial charge in [-0.15, -0.1) is 0 Å². The largest absolute Gasteiger partial charge is 0.506 e. The van der Waals surface area contributed by atoms with Gasteiger partial charge in [0.25, 0.3) is 0 Å². The van der Waals surface area contributed by atoms with Gasteiger partial charge in [-0.1, -0.05) is 13.2 Å². The predicted octanol–water partition coefficient (Wildman–Crippen LogP) is 0.531. The third-order valence-corrected chi connectivity index (χ3v) is 0.371. The fraction of sp³-hybridized carbons (Fsp3) is 0. The molecule has 3 N–H and O–H groups in total. The highest BCUT2D eigenvalue weighted by molar-refractivity contribution is 5.12. The molecule has 2 nitrogen and oxygen atoms in total. The van der Waals surface area contributed by atoms with Crippen LogP contribution in [0.5, 0.6) is 0 Å². The highest BCUT2D eigenvalue weighted by atomic mass is 16.3. The lowest BCUT2D eigenvalue weighted by molar-refractivity contribution is 0.425. The van der Waals surface area contributed by atoms with Gasteiger partial charge < -0.3 is 10.8 Å². The molecule has 0 rings (SSSR count). The van der Waals surface area contributed by atoms with Gasteiger partial charge in [-0.25, -0.2) is 0 Å². The van der Waals surface area contributed by atoms with Crippen molar-refractivity contribution in [2.45, 2.75) is 0 Å². The van der Waals surface area contributed by atoms with E-state index in [1.807, 2.05) is 0 Å². The van der Waals surface area contributed by atoms with Crippen molar-refractivity contribution in [3.8, 4) is 0 Å². The van der Waals surface area contributed by atoms with Crippen LogP contribution < -0.4 is 5.73 Å². The summed E-state index contributed by atoms with van der Waals surface area (Å²) in [6.07, 6.45) is 0. The zero-order valence-electron chi connectivity index (χ0n) is 3.44. The van der Waals surface area contributed by atoms with Crippen LogP contribution in [0.25, 0.3) is 0 Å². The Morgan fingerprint density at radius 2 is 1.67 bits per heavy atom. The maximum atomic E-state index is 8.21. The third-order valence-electron chi connectivity index (χ3n) is 0.371. The Morgan fingerprint density at radius 3 is 1.67 bits per heavy atom. The van der Waals surface area contributed by atoms with E-state index >= 15 is 0 Å². The molecule has 0 bridgehead atoms. The predicted molar refractivity (Wildman–Crippen MR) is 25.1 cm³/mol. The molecule has 0 atom stereocenters. The van der Waals surface area contributed by atoms with E-state index < -0.39 is 0 Å². The molecule has 34 valence electrons. The standard InChI is InChI=1S/C4H7NO/c1-3(5)4(2)6/h6H,1-2,5H2. The Hall–Kier alpha value is -0.920. The molecule has 0 spiro atoms. The summed E-state index contributed by atoms with van der Waals surface area (Å²) in [5, 5.41) is 8.21. The lowest BCUT2D eigenvalue weighted by atomic mass is 10.5. The molecule has 0 aliphatic rings. The van der Waals surface area contributed by atoms with Crippen LogP contribution >= 0.6 is 0 Å². The van der Waals surface area contributed by atoms with Crippen molar-refractivity contribution in [3.63, 3.8) is 0 Å². The Labute approximate surface area is 36.6 Å². The van der Waals surface area contributed by atoms with Crippen molar-refractivity contribution in [2.24, 2.45) is 5.73 Å². The van der Waals surface area contributed by atoms with Crippen molar-refractivity contribution in [2.75, 3.05) is 0 Å². The van der Waals surface area contributed by atoms with Crippen LogP contribution in [-0.2, 0) is 0 Å². The molecular formula is C4H7NO. The van der Waals surface area contributed by atoms with Gasteiger partial charge in [0.15, 0.2) is 0 Å². The fourth-order valence-corrected chi connectivity index (χ4v) is 0. The van der Waals surface area contributed by atoms with Crippen molar-refractivity contribution in [1.82, 2.24) is 0 Å². The van der Waals surface area contributed by atoms with Crippen LogP contribution in [0.15, 0.2) is 24.6 Å². The second kappa shape index (κ2) is 1.50. The second-order valence-corrected chi connectivity index (χ2v) is 0.972. The molecule has 0 amide bonds. The lowest BCUT2D eigenvalue weighted by Gasteiger charge is -1.88. The highest BCUT2D eigenvalue weighted by Gasteiger charge is 1.81. The number of aliphatic hydroxyl groups excluding tert-OH is 1. The minimum absolute atomic E-state index is 0.120. The van der Waals surface area contributed by atoms with Gasteiger partial charge in [0.2, 0.25) is 0 Å². The Morgan fingerprint density at radius 1 is 1.50 bits per heavy atom. The van der Waals surface area contributed by atoms with Crippen LogP contribution in [0.2, 0.25) is 0 Å². The fourth-order valence-electron chi connectivity index (χ4n) is 0. The Kier molecular flexibility index (Phi) is 1.27. The first kappa shape index (κ1) is 5.08. The van der Waals surface area contributed by atoms with E-state index in [0.717, 1.165) is 0 Å². The Bertz CT molecular complexity index is 73.5. The van der Waals surface area contributed by atoms with Gasteiger partial charge in [0.1, 0.15) is 5.76 Å². The number of rotatable bonds is 1. The molecule has 0 aromatic carbocycles. The summed E-state index contributed by atoms with van der Waals surface area (Å²) >= 11 is 0. The number of hydrogen-bond acceptors (Lipinski definition) is 2. The minimum Gasteiger partial charge on any atom is -0.506 e. The van der Waals surface area contributed by atoms with Crippen LogP contribution in [-0.4, -0.2) is 5.11 Å². The molecule has 0 aliphatic carbocycles. The maximum Gasteiger partial charge on any atom is 0.130 e. The minimum atomic E-state index is -0.157. The molecule has 0 saturated carbocycles. The maximum absolute atomic E-state index is 8.21. The molecule has 0 aromatic rings. The molecule has 0 saturated heterocycles. The molecule has 0 heterocycles. The number of aliphatic hydroxyl groups is 1. The molecule has 6 heavy (non-hydrogen) atoms. The monoisotopic (exact) mass is 85.1 g/mol. The van der Waals surface area contributed by atoms with Crippen LogP contribution in [0, 0.1) is 0 Å². The average molecular weight is 85.1 g/mol. The summed E-state index contributed by atoms with van der Waals surface area (Å²) in [5.74, 6) is -0.157. The topological polar surface area (TPSA) is 46.2 Å². The van der Waals surface area contributed by atoms with Gasteiger partial charge in [0, 0.05) is 0 Å². The highest BCUT2D eigenvalue weighted by Crippen LogP contribution is 1.86. The Balaban J connectivity index is 3.57. The first-order valence-corrected chi connectivity index (χ1v) is 1.47. The summed E-state index contributed by atoms with van der Waals surface area (Å²) in [5.41, 5.74) is 5.01. The van der Waals surface area contributed by atoms with E-state index in [9.17, 15) is 0 Å². The van der Waals surface area contributed by atoms with Gasteiger partial charge in [0.05, 0.1) is 5.70 Å². The molecule has 2 heteroatoms. The first-order chi connectivity index (χ1) is 2.64. The van der Waals surface area contributed by atoms with Crippen LogP contribution in [0.4, 0.5) is 0 Å². The van der Waals surface area contributed by atoms with Gasteiger partial charge >= 0.3 is 0 Å². The zero-order chi connectivity index (χ0) is 5.15. The van der Waals surface area contributed by atoms with Crippen molar-refractivity contribution in [3.05, 3.63) is 24.6 Å². The molecule has 0 aliphatic heterocycles. The third kappa shape index (κ3) is 1.40. The smallest absolute Gasteiger partial charge is 0.130 e. The molecule has 0 aromatic heterocycles. The van der Waals surface area contributed by atoms with E-state index in [0.29, 0.717) is 0 Å². The van der Waals surface area contributed by atoms with E-state index in [1.165, 1.54) is 0 Å². The molecular weight excluding hydrogens is 78.0 g/mol. The van der Waals surface area contributed by atoms with E-state index in [2.05, 4.69) is 13.2 Å². The number of hydrogen-bond donors (Lipinski definition) is 2. The zero-order valence-corrected chi connectivity index (χ0v) is 3.44. The molecule has 0 unspecified atom stereocenters. The summed E-state index contributed by atoms with van der Waals surface area (Å²) in [6, 6.07) is 0. The summed E-state index contributed by atoms with van der Waals surface area (Å²) in [7, 11) is 0. The van der Waals surface area contributed by atoms with E-state index in [1.54, 1.807) is 0 Å². The van der Waals surface area contributed by atoms with Crippen LogP contribution in [0.1, 0.15) is 0 Å².